The molecule has 0 fully saturated rings. The van der Waals surface area contributed by atoms with Crippen LogP contribution in [-0.4, -0.2) is 14.4 Å². The minimum Gasteiger partial charge on any atom is -0.321 e. The maximum Gasteiger partial charge on any atom is 0.356 e. The maximum atomic E-state index is 11.4. The summed E-state index contributed by atoms with van der Waals surface area (Å²) in [4.78, 5) is 18.6. The number of aromatic nitrogens is 1. The number of nitrogens with zero attached hydrogens (tertiary/aromatic N) is 1. The van der Waals surface area contributed by atoms with E-state index in [1.807, 2.05) is 12.1 Å². The zero-order valence-corrected chi connectivity index (χ0v) is 14.6. The van der Waals surface area contributed by atoms with Gasteiger partial charge in [0.05, 0.1) is 16.3 Å². The molecule has 126 valence electrons. The average Bonchev–Trinajstić information content (AvgIpc) is 2.94. The zero-order chi connectivity index (χ0) is 17.6. The monoisotopic (exact) mass is 351 g/mol. The van der Waals surface area contributed by atoms with Crippen LogP contribution in [0.4, 0.5) is 0 Å². The van der Waals surface area contributed by atoms with Gasteiger partial charge in [0.25, 0.3) is 0 Å². The number of hydrogen-bond acceptors (Lipinski definition) is 1. The van der Waals surface area contributed by atoms with Gasteiger partial charge in [0.15, 0.2) is 0 Å². The molecular weight excluding hydrogens is 333 g/mol. The molecule has 4 aromatic rings. The van der Waals surface area contributed by atoms with Crippen molar-refractivity contribution in [3.63, 3.8) is 0 Å². The third-order valence-electron chi connectivity index (χ3n) is 4.59. The first-order valence-electron chi connectivity index (χ1n) is 8.17. The smallest absolute Gasteiger partial charge is 0.321 e. The number of para-hydroxylation sites is 1. The van der Waals surface area contributed by atoms with Gasteiger partial charge < -0.3 is 14.4 Å². The summed E-state index contributed by atoms with van der Waals surface area (Å²) >= 11 is 0. The molecular formula is C20H18NO3P. The van der Waals surface area contributed by atoms with Crippen molar-refractivity contribution in [1.29, 1.82) is 0 Å². The summed E-state index contributed by atoms with van der Waals surface area (Å²) in [5, 5.41) is 2.39. The predicted octanol–water partition coefficient (Wildman–Crippen LogP) is 4.15. The molecule has 0 aliphatic heterocycles. The minimum absolute atomic E-state index is 0.0327. The van der Waals surface area contributed by atoms with Crippen LogP contribution in [0.2, 0.25) is 0 Å². The van der Waals surface area contributed by atoms with Crippen molar-refractivity contribution in [3.05, 3.63) is 72.3 Å². The lowest BCUT2D eigenvalue weighted by Gasteiger charge is -2.10. The minimum atomic E-state index is -4.23. The van der Waals surface area contributed by atoms with Crippen molar-refractivity contribution >= 4 is 34.7 Å². The summed E-state index contributed by atoms with van der Waals surface area (Å²) in [7, 11) is -4.23. The molecule has 5 heteroatoms. The Balaban J connectivity index is 2.01. The van der Waals surface area contributed by atoms with Crippen LogP contribution in [0.25, 0.3) is 27.5 Å². The number of hydrogen-bond donors (Lipinski definition) is 2. The summed E-state index contributed by atoms with van der Waals surface area (Å²) in [5.74, 6) is 0. The highest BCUT2D eigenvalue weighted by Gasteiger charge is 2.17. The average molecular weight is 351 g/mol. The number of aryl methyl sites for hydroxylation is 1. The fourth-order valence-electron chi connectivity index (χ4n) is 3.31. The Hall–Kier alpha value is -2.39. The van der Waals surface area contributed by atoms with Crippen molar-refractivity contribution in [2.24, 2.45) is 0 Å². The number of benzene rings is 3. The van der Waals surface area contributed by atoms with Crippen LogP contribution in [-0.2, 0) is 11.0 Å². The molecule has 4 nitrogen and oxygen atoms in total. The maximum absolute atomic E-state index is 11.4. The highest BCUT2D eigenvalue weighted by atomic mass is 31.2. The molecule has 0 saturated heterocycles. The Morgan fingerprint density at radius 2 is 1.56 bits per heavy atom. The molecule has 0 atom stereocenters. The quantitative estimate of drug-likeness (QED) is 0.545. The fraction of sp³-hybridized carbons (Fsp3) is 0.100. The van der Waals surface area contributed by atoms with Crippen molar-refractivity contribution in [3.8, 4) is 5.69 Å². The van der Waals surface area contributed by atoms with Crippen molar-refractivity contribution in [2.75, 3.05) is 0 Å². The molecule has 0 amide bonds. The second-order valence-corrected chi connectivity index (χ2v) is 7.72. The van der Waals surface area contributed by atoms with Gasteiger partial charge in [-0.2, -0.15) is 0 Å². The van der Waals surface area contributed by atoms with Crippen molar-refractivity contribution < 1.29 is 14.4 Å². The van der Waals surface area contributed by atoms with Gasteiger partial charge in [-0.25, -0.2) is 0 Å². The molecule has 0 saturated carbocycles. The molecule has 0 aliphatic carbocycles. The van der Waals surface area contributed by atoms with E-state index in [1.165, 1.54) is 28.5 Å². The van der Waals surface area contributed by atoms with Crippen LogP contribution in [0.1, 0.15) is 12.5 Å². The standard InChI is InChI=1S/C20H18NO3P/c1-2-14-7-12-20-18(13-14)17-5-3-4-6-19(17)21(20)15-8-10-16(11-9-15)25(22,23)24/h3-13H,2H2,1H3,(H2,22,23,24). The van der Waals surface area contributed by atoms with Gasteiger partial charge >= 0.3 is 7.60 Å². The molecule has 0 spiro atoms. The summed E-state index contributed by atoms with van der Waals surface area (Å²) in [6, 6.07) is 21.2. The predicted molar refractivity (Wildman–Crippen MR) is 102 cm³/mol. The van der Waals surface area contributed by atoms with Crippen molar-refractivity contribution in [1.82, 2.24) is 4.57 Å². The molecule has 4 rings (SSSR count). The molecule has 0 aliphatic rings. The molecule has 2 N–H and O–H groups in total. The Bertz CT molecular complexity index is 1120. The van der Waals surface area contributed by atoms with Crippen LogP contribution >= 0.6 is 7.60 Å². The van der Waals surface area contributed by atoms with Gasteiger partial charge in [-0.15, -0.1) is 0 Å². The second-order valence-electron chi connectivity index (χ2n) is 6.12. The number of rotatable bonds is 3. The Morgan fingerprint density at radius 1 is 0.880 bits per heavy atom. The van der Waals surface area contributed by atoms with E-state index in [4.69, 9.17) is 0 Å². The van der Waals surface area contributed by atoms with Crippen LogP contribution in [0.5, 0.6) is 0 Å². The summed E-state index contributed by atoms with van der Waals surface area (Å²) in [5.41, 5.74) is 4.33. The topological polar surface area (TPSA) is 62.5 Å². The van der Waals surface area contributed by atoms with E-state index in [0.717, 1.165) is 23.1 Å². The van der Waals surface area contributed by atoms with E-state index < -0.39 is 7.60 Å². The van der Waals surface area contributed by atoms with E-state index >= 15 is 0 Å². The number of fused-ring (bicyclic) bond motifs is 3. The van der Waals surface area contributed by atoms with Gasteiger partial charge in [0.1, 0.15) is 0 Å². The van der Waals surface area contributed by atoms with E-state index in [1.54, 1.807) is 12.1 Å². The SMILES string of the molecule is CCc1ccc2c(c1)c1ccccc1n2-c1ccc(P(=O)(O)O)cc1. The molecule has 1 heterocycles. The lowest BCUT2D eigenvalue weighted by atomic mass is 10.1. The first-order chi connectivity index (χ1) is 12.0. The lowest BCUT2D eigenvalue weighted by Crippen LogP contribution is -2.04. The largest absolute Gasteiger partial charge is 0.356 e. The zero-order valence-electron chi connectivity index (χ0n) is 13.8. The van der Waals surface area contributed by atoms with Crippen LogP contribution in [0.15, 0.2) is 66.7 Å². The normalized spacial score (nSPS) is 12.1. The van der Waals surface area contributed by atoms with Crippen LogP contribution in [0, 0.1) is 0 Å². The van der Waals surface area contributed by atoms with Gasteiger partial charge in [-0.05, 0) is 54.4 Å². The highest BCUT2D eigenvalue weighted by Crippen LogP contribution is 2.35. The first-order valence-corrected chi connectivity index (χ1v) is 9.79. The summed E-state index contributed by atoms with van der Waals surface area (Å²) in [6.45, 7) is 2.14. The summed E-state index contributed by atoms with van der Waals surface area (Å²) in [6.07, 6.45) is 0.979. The van der Waals surface area contributed by atoms with E-state index in [0.29, 0.717) is 0 Å². The van der Waals surface area contributed by atoms with Crippen LogP contribution in [0.3, 0.4) is 0 Å². The molecule has 3 aromatic carbocycles. The second kappa shape index (κ2) is 5.85. The molecule has 0 bridgehead atoms. The van der Waals surface area contributed by atoms with Gasteiger partial charge in [-0.1, -0.05) is 31.2 Å². The van der Waals surface area contributed by atoms with Gasteiger partial charge in [-0.3, -0.25) is 4.57 Å². The lowest BCUT2D eigenvalue weighted by molar-refractivity contribution is 0.387. The van der Waals surface area contributed by atoms with Crippen LogP contribution < -0.4 is 5.30 Å². The van der Waals surface area contributed by atoms with Gasteiger partial charge in [0, 0.05) is 16.5 Å². The fourth-order valence-corrected chi connectivity index (χ4v) is 3.85. The van der Waals surface area contributed by atoms with E-state index in [2.05, 4.69) is 41.8 Å². The third kappa shape index (κ3) is 2.69. The van der Waals surface area contributed by atoms with E-state index in [9.17, 15) is 14.4 Å². The molecule has 0 radical (unpaired) electrons. The summed E-state index contributed by atoms with van der Waals surface area (Å²) < 4.78 is 13.5. The Kier molecular flexibility index (Phi) is 3.77. The van der Waals surface area contributed by atoms with E-state index in [-0.39, 0.29) is 5.30 Å². The molecule has 25 heavy (non-hydrogen) atoms. The first kappa shape index (κ1) is 16.1. The molecule has 1 aromatic heterocycles. The highest BCUT2D eigenvalue weighted by molar-refractivity contribution is 7.60. The van der Waals surface area contributed by atoms with Crippen molar-refractivity contribution in [2.45, 2.75) is 13.3 Å². The Morgan fingerprint density at radius 3 is 2.24 bits per heavy atom. The molecule has 0 unspecified atom stereocenters. The third-order valence-corrected chi connectivity index (χ3v) is 5.56. The Labute approximate surface area is 145 Å². The van der Waals surface area contributed by atoms with Gasteiger partial charge in [0.2, 0.25) is 0 Å².